The van der Waals surface area contributed by atoms with Gasteiger partial charge in [0.1, 0.15) is 0 Å². The van der Waals surface area contributed by atoms with Crippen molar-refractivity contribution in [1.82, 2.24) is 3.97 Å². The molecular formula is C22H19NO2S. The van der Waals surface area contributed by atoms with E-state index in [0.717, 1.165) is 23.3 Å². The maximum absolute atomic E-state index is 11.1. The van der Waals surface area contributed by atoms with E-state index in [1.54, 1.807) is 11.9 Å². The van der Waals surface area contributed by atoms with E-state index < -0.39 is 5.97 Å². The van der Waals surface area contributed by atoms with Gasteiger partial charge in [-0.3, -0.25) is 8.77 Å². The lowest BCUT2D eigenvalue weighted by Crippen LogP contribution is -2.00. The first-order valence-corrected chi connectivity index (χ1v) is 9.58. The van der Waals surface area contributed by atoms with Crippen LogP contribution in [0.2, 0.25) is 0 Å². The van der Waals surface area contributed by atoms with E-state index in [4.69, 9.17) is 5.11 Å². The lowest BCUT2D eigenvalue weighted by Gasteiger charge is -2.07. The molecule has 0 saturated carbocycles. The van der Waals surface area contributed by atoms with E-state index >= 15 is 0 Å². The summed E-state index contributed by atoms with van der Waals surface area (Å²) in [6, 6.07) is 24.8. The number of carboxylic acids is 1. The van der Waals surface area contributed by atoms with Crippen LogP contribution in [0.15, 0.2) is 72.8 Å². The Hall–Kier alpha value is -2.72. The monoisotopic (exact) mass is 361 g/mol. The standard InChI is InChI=1S/C22H19NO2S/c24-22(25)15-17-10-11-19-18-8-4-5-9-20(18)23(21(19)14-17)26-13-12-16-6-2-1-3-7-16/h1-11,14H,12-13,15H2,(H,24,25). The van der Waals surface area contributed by atoms with Crippen LogP contribution in [-0.4, -0.2) is 20.8 Å². The molecule has 3 aromatic carbocycles. The summed E-state index contributed by atoms with van der Waals surface area (Å²) in [7, 11) is 0. The van der Waals surface area contributed by atoms with Gasteiger partial charge in [-0.25, -0.2) is 0 Å². The average molecular weight is 361 g/mol. The molecule has 4 heteroatoms. The van der Waals surface area contributed by atoms with Crippen molar-refractivity contribution in [2.24, 2.45) is 0 Å². The highest BCUT2D eigenvalue weighted by molar-refractivity contribution is 7.98. The lowest BCUT2D eigenvalue weighted by molar-refractivity contribution is -0.136. The summed E-state index contributed by atoms with van der Waals surface area (Å²) in [4.78, 5) is 11.1. The molecule has 0 unspecified atom stereocenters. The largest absolute Gasteiger partial charge is 0.481 e. The number of para-hydroxylation sites is 1. The van der Waals surface area contributed by atoms with Gasteiger partial charge < -0.3 is 5.11 Å². The molecular weight excluding hydrogens is 342 g/mol. The van der Waals surface area contributed by atoms with Crippen LogP contribution < -0.4 is 0 Å². The van der Waals surface area contributed by atoms with Gasteiger partial charge in [0.05, 0.1) is 17.5 Å². The third kappa shape index (κ3) is 3.33. The van der Waals surface area contributed by atoms with E-state index in [9.17, 15) is 4.79 Å². The molecule has 0 bridgehead atoms. The Bertz CT molecular complexity index is 1070. The second kappa shape index (κ2) is 7.26. The molecule has 3 nitrogen and oxygen atoms in total. The van der Waals surface area contributed by atoms with Crippen molar-refractivity contribution in [2.45, 2.75) is 12.8 Å². The van der Waals surface area contributed by atoms with Gasteiger partial charge in [0, 0.05) is 16.5 Å². The summed E-state index contributed by atoms with van der Waals surface area (Å²) in [6.45, 7) is 0. The van der Waals surface area contributed by atoms with Gasteiger partial charge in [-0.1, -0.05) is 60.7 Å². The fraction of sp³-hybridized carbons (Fsp3) is 0.136. The predicted molar refractivity (Wildman–Crippen MR) is 109 cm³/mol. The van der Waals surface area contributed by atoms with Crippen LogP contribution in [-0.2, 0) is 17.6 Å². The van der Waals surface area contributed by atoms with Crippen molar-refractivity contribution in [3.8, 4) is 0 Å². The van der Waals surface area contributed by atoms with Gasteiger partial charge in [-0.05, 0) is 41.6 Å². The molecule has 0 amide bonds. The fourth-order valence-corrected chi connectivity index (χ4v) is 4.40. The Labute approximate surface area is 156 Å². The number of hydrogen-bond donors (Lipinski definition) is 1. The number of benzene rings is 3. The second-order valence-corrected chi connectivity index (χ2v) is 7.33. The van der Waals surface area contributed by atoms with Gasteiger partial charge in [0.15, 0.2) is 0 Å². The summed E-state index contributed by atoms with van der Waals surface area (Å²) in [6.07, 6.45) is 1.04. The molecule has 0 radical (unpaired) electrons. The summed E-state index contributed by atoms with van der Waals surface area (Å²) in [5.74, 6) is 0.157. The number of fused-ring (bicyclic) bond motifs is 3. The molecule has 130 valence electrons. The summed E-state index contributed by atoms with van der Waals surface area (Å²) < 4.78 is 2.25. The Morgan fingerprint density at radius 1 is 0.846 bits per heavy atom. The third-order valence-electron chi connectivity index (χ3n) is 4.50. The van der Waals surface area contributed by atoms with Gasteiger partial charge in [-0.2, -0.15) is 0 Å². The minimum Gasteiger partial charge on any atom is -0.481 e. The zero-order chi connectivity index (χ0) is 17.9. The number of hydrogen-bond acceptors (Lipinski definition) is 2. The van der Waals surface area contributed by atoms with Gasteiger partial charge >= 0.3 is 5.97 Å². The molecule has 4 rings (SSSR count). The maximum atomic E-state index is 11.1. The van der Waals surface area contributed by atoms with E-state index in [1.165, 1.54) is 21.9 Å². The molecule has 1 aromatic heterocycles. The quantitative estimate of drug-likeness (QED) is 0.516. The highest BCUT2D eigenvalue weighted by Crippen LogP contribution is 2.33. The van der Waals surface area contributed by atoms with Crippen LogP contribution in [0.5, 0.6) is 0 Å². The van der Waals surface area contributed by atoms with Crippen molar-refractivity contribution in [2.75, 3.05) is 5.75 Å². The number of nitrogens with zero attached hydrogens (tertiary/aromatic N) is 1. The normalized spacial score (nSPS) is 11.2. The van der Waals surface area contributed by atoms with Gasteiger partial charge in [0.2, 0.25) is 0 Å². The summed E-state index contributed by atoms with van der Waals surface area (Å²) >= 11 is 1.78. The van der Waals surface area contributed by atoms with Crippen LogP contribution in [0.4, 0.5) is 0 Å². The number of rotatable bonds is 6. The van der Waals surface area contributed by atoms with Crippen molar-refractivity contribution < 1.29 is 9.90 Å². The first-order valence-electron chi connectivity index (χ1n) is 8.63. The predicted octanol–water partition coefficient (Wildman–Crippen LogP) is 5.16. The van der Waals surface area contributed by atoms with Crippen LogP contribution in [0.25, 0.3) is 21.8 Å². The fourth-order valence-electron chi connectivity index (χ4n) is 3.30. The number of carbonyl (C=O) groups is 1. The topological polar surface area (TPSA) is 42.2 Å². The molecule has 0 aliphatic heterocycles. The van der Waals surface area contributed by atoms with Crippen LogP contribution >= 0.6 is 11.9 Å². The van der Waals surface area contributed by atoms with Crippen LogP contribution in [0.3, 0.4) is 0 Å². The zero-order valence-electron chi connectivity index (χ0n) is 14.3. The number of aromatic nitrogens is 1. The summed E-state index contributed by atoms with van der Waals surface area (Å²) in [5, 5.41) is 11.5. The Balaban J connectivity index is 1.71. The molecule has 1 N–H and O–H groups in total. The zero-order valence-corrected chi connectivity index (χ0v) is 15.1. The first-order chi connectivity index (χ1) is 12.7. The van der Waals surface area contributed by atoms with E-state index in [2.05, 4.69) is 40.4 Å². The maximum Gasteiger partial charge on any atom is 0.307 e. The number of aryl methyl sites for hydroxylation is 1. The molecule has 26 heavy (non-hydrogen) atoms. The Morgan fingerprint density at radius 2 is 1.58 bits per heavy atom. The number of aliphatic carboxylic acids is 1. The molecule has 0 atom stereocenters. The average Bonchev–Trinajstić information content (AvgIpc) is 2.96. The number of carboxylic acid groups (broad SMARTS) is 1. The van der Waals surface area contributed by atoms with E-state index in [-0.39, 0.29) is 6.42 Å². The van der Waals surface area contributed by atoms with E-state index in [0.29, 0.717) is 0 Å². The molecule has 0 aliphatic carbocycles. The molecule has 4 aromatic rings. The van der Waals surface area contributed by atoms with Crippen molar-refractivity contribution in [1.29, 1.82) is 0 Å². The molecule has 0 spiro atoms. The van der Waals surface area contributed by atoms with Crippen molar-refractivity contribution in [3.63, 3.8) is 0 Å². The second-order valence-electron chi connectivity index (χ2n) is 6.30. The minimum absolute atomic E-state index is 0.0478. The molecule has 0 saturated heterocycles. The molecule has 0 fully saturated rings. The van der Waals surface area contributed by atoms with Gasteiger partial charge in [-0.15, -0.1) is 0 Å². The lowest BCUT2D eigenvalue weighted by atomic mass is 10.1. The van der Waals surface area contributed by atoms with Gasteiger partial charge in [0.25, 0.3) is 0 Å². The minimum atomic E-state index is -0.802. The Kier molecular flexibility index (Phi) is 4.67. The van der Waals surface area contributed by atoms with Crippen molar-refractivity contribution in [3.05, 3.63) is 83.9 Å². The van der Waals surface area contributed by atoms with Crippen LogP contribution in [0, 0.1) is 0 Å². The highest BCUT2D eigenvalue weighted by atomic mass is 32.2. The Morgan fingerprint density at radius 3 is 2.38 bits per heavy atom. The van der Waals surface area contributed by atoms with Crippen LogP contribution in [0.1, 0.15) is 11.1 Å². The smallest absolute Gasteiger partial charge is 0.307 e. The molecule has 0 aliphatic rings. The van der Waals surface area contributed by atoms with Crippen molar-refractivity contribution >= 4 is 39.7 Å². The highest BCUT2D eigenvalue weighted by Gasteiger charge is 2.12. The summed E-state index contributed by atoms with van der Waals surface area (Å²) in [5.41, 5.74) is 4.42. The van der Waals surface area contributed by atoms with E-state index in [1.807, 2.05) is 36.4 Å². The first kappa shape index (κ1) is 16.7. The molecule has 1 heterocycles. The SMILES string of the molecule is O=C(O)Cc1ccc2c3ccccc3n(SCCc3ccccc3)c2c1. The third-order valence-corrected chi connectivity index (χ3v) is 5.54.